The van der Waals surface area contributed by atoms with Crippen molar-refractivity contribution in [3.05, 3.63) is 51.4 Å². The van der Waals surface area contributed by atoms with Crippen LogP contribution in [0.15, 0.2) is 28.9 Å². The van der Waals surface area contributed by atoms with Crippen LogP contribution in [-0.2, 0) is 5.54 Å². The summed E-state index contributed by atoms with van der Waals surface area (Å²) in [4.78, 5) is 3.33. The second-order valence-corrected chi connectivity index (χ2v) is 5.51. The van der Waals surface area contributed by atoms with Crippen LogP contribution >= 0.6 is 15.9 Å². The molecule has 1 aliphatic heterocycles. The molecule has 0 spiro atoms. The van der Waals surface area contributed by atoms with Crippen LogP contribution in [0.4, 0.5) is 11.5 Å². The first-order valence-electron chi connectivity index (χ1n) is 6.04. The fourth-order valence-electron chi connectivity index (χ4n) is 2.47. The van der Waals surface area contributed by atoms with Crippen molar-refractivity contribution in [2.45, 2.75) is 5.54 Å². The summed E-state index contributed by atoms with van der Waals surface area (Å²) >= 11 is 3.36. The molecule has 0 saturated carbocycles. The van der Waals surface area contributed by atoms with Crippen LogP contribution in [0.2, 0.25) is 0 Å². The number of halogens is 1. The van der Waals surface area contributed by atoms with Gasteiger partial charge >= 0.3 is 0 Å². The first kappa shape index (κ1) is 13.7. The molecule has 7 heteroatoms. The van der Waals surface area contributed by atoms with Crippen molar-refractivity contribution in [3.63, 3.8) is 0 Å². The minimum Gasteiger partial charge on any atom is -0.338 e. The van der Waals surface area contributed by atoms with Crippen molar-refractivity contribution in [2.75, 3.05) is 5.32 Å². The van der Waals surface area contributed by atoms with Gasteiger partial charge in [0.15, 0.2) is 0 Å². The molecule has 1 aromatic heterocycles. The van der Waals surface area contributed by atoms with E-state index in [4.69, 9.17) is 6.57 Å². The standard InChI is InChI=1S/C15H5BrN6/c1-20-12-6-22-13-4-9(16)2-3-11(13)15(7-18,8-19)21-14(22)10(12)5-17/h2-4,6,21H. The van der Waals surface area contributed by atoms with E-state index in [1.54, 1.807) is 22.8 Å². The molecule has 22 heavy (non-hydrogen) atoms. The second kappa shape index (κ2) is 4.64. The molecule has 0 bridgehead atoms. The van der Waals surface area contributed by atoms with E-state index < -0.39 is 5.54 Å². The van der Waals surface area contributed by atoms with E-state index in [1.807, 2.05) is 18.2 Å². The summed E-state index contributed by atoms with van der Waals surface area (Å²) in [5, 5.41) is 31.1. The van der Waals surface area contributed by atoms with Crippen LogP contribution in [0, 0.1) is 40.6 Å². The average Bonchev–Trinajstić information content (AvgIpc) is 2.91. The van der Waals surface area contributed by atoms with Crippen LogP contribution < -0.4 is 5.32 Å². The van der Waals surface area contributed by atoms with Gasteiger partial charge in [0.1, 0.15) is 23.5 Å². The van der Waals surface area contributed by atoms with Crippen LogP contribution in [0.5, 0.6) is 0 Å². The summed E-state index contributed by atoms with van der Waals surface area (Å²) in [6, 6.07) is 11.1. The van der Waals surface area contributed by atoms with Gasteiger partial charge < -0.3 is 9.88 Å². The highest BCUT2D eigenvalue weighted by atomic mass is 79.9. The number of nitrogens with zero attached hydrogens (tertiary/aromatic N) is 5. The highest BCUT2D eigenvalue weighted by molar-refractivity contribution is 9.10. The van der Waals surface area contributed by atoms with E-state index in [9.17, 15) is 15.8 Å². The Kier molecular flexibility index (Phi) is 2.89. The molecule has 6 nitrogen and oxygen atoms in total. The number of hydrogen-bond acceptors (Lipinski definition) is 4. The SMILES string of the molecule is [C-]#[N+]c1cn2c(c1C#N)NC(C#N)(C#N)c1ccc(Br)cc1-2. The molecule has 3 rings (SSSR count). The molecule has 1 aliphatic rings. The number of nitriles is 3. The van der Waals surface area contributed by atoms with Crippen molar-refractivity contribution in [1.29, 1.82) is 15.8 Å². The molecule has 0 saturated heterocycles. The monoisotopic (exact) mass is 348 g/mol. The predicted octanol–water partition coefficient (Wildman–Crippen LogP) is 3.33. The number of rotatable bonds is 0. The average molecular weight is 349 g/mol. The molecule has 0 atom stereocenters. The molecule has 0 unspecified atom stereocenters. The zero-order chi connectivity index (χ0) is 15.9. The number of anilines is 1. The number of hydrogen-bond donors (Lipinski definition) is 1. The fraction of sp³-hybridized carbons (Fsp3) is 0.0667. The van der Waals surface area contributed by atoms with Crippen molar-refractivity contribution in [2.24, 2.45) is 0 Å². The third kappa shape index (κ3) is 1.61. The van der Waals surface area contributed by atoms with E-state index in [0.29, 0.717) is 11.3 Å². The van der Waals surface area contributed by atoms with E-state index >= 15 is 0 Å². The number of aromatic nitrogens is 1. The van der Waals surface area contributed by atoms with Crippen molar-refractivity contribution in [1.82, 2.24) is 4.57 Å². The Morgan fingerprint density at radius 3 is 2.59 bits per heavy atom. The van der Waals surface area contributed by atoms with Crippen LogP contribution in [-0.4, -0.2) is 4.57 Å². The van der Waals surface area contributed by atoms with Gasteiger partial charge in [-0.2, -0.15) is 15.8 Å². The molecule has 1 aromatic carbocycles. The zero-order valence-corrected chi connectivity index (χ0v) is 12.5. The normalized spacial score (nSPS) is 13.3. The lowest BCUT2D eigenvalue weighted by Crippen LogP contribution is -2.37. The van der Waals surface area contributed by atoms with Crippen LogP contribution in [0.25, 0.3) is 10.5 Å². The molecule has 0 fully saturated rings. The van der Waals surface area contributed by atoms with Gasteiger partial charge in [-0.15, -0.1) is 0 Å². The van der Waals surface area contributed by atoms with Gasteiger partial charge in [0.25, 0.3) is 0 Å². The van der Waals surface area contributed by atoms with E-state index in [1.165, 1.54) is 6.20 Å². The Morgan fingerprint density at radius 1 is 1.27 bits per heavy atom. The molecule has 0 aliphatic carbocycles. The molecule has 1 N–H and O–H groups in total. The lowest BCUT2D eigenvalue weighted by Gasteiger charge is -2.31. The van der Waals surface area contributed by atoms with Crippen molar-refractivity contribution >= 4 is 27.4 Å². The highest BCUT2D eigenvalue weighted by Gasteiger charge is 2.41. The number of nitrogens with one attached hydrogen (secondary N) is 1. The second-order valence-electron chi connectivity index (χ2n) is 4.59. The minimum absolute atomic E-state index is 0.121. The third-order valence-electron chi connectivity index (χ3n) is 3.48. The first-order valence-corrected chi connectivity index (χ1v) is 6.83. The lowest BCUT2D eigenvalue weighted by molar-refractivity contribution is 0.755. The van der Waals surface area contributed by atoms with E-state index in [2.05, 4.69) is 26.1 Å². The quantitative estimate of drug-likeness (QED) is 0.739. The Bertz CT molecular complexity index is 960. The van der Waals surface area contributed by atoms with Gasteiger partial charge in [0.05, 0.1) is 18.3 Å². The highest BCUT2D eigenvalue weighted by Crippen LogP contribution is 2.43. The molecule has 102 valence electrons. The number of fused-ring (bicyclic) bond motifs is 3. The van der Waals surface area contributed by atoms with Gasteiger partial charge in [-0.05, 0) is 12.1 Å². The maximum absolute atomic E-state index is 9.51. The Balaban J connectivity index is 2.45. The van der Waals surface area contributed by atoms with Gasteiger partial charge in [-0.3, -0.25) is 0 Å². The molecule has 2 heterocycles. The minimum atomic E-state index is -1.60. The Morgan fingerprint density at radius 2 is 2.00 bits per heavy atom. The van der Waals surface area contributed by atoms with Crippen molar-refractivity contribution < 1.29 is 0 Å². The zero-order valence-electron chi connectivity index (χ0n) is 10.9. The Labute approximate surface area is 134 Å². The van der Waals surface area contributed by atoms with Gasteiger partial charge in [0, 0.05) is 16.2 Å². The predicted molar refractivity (Wildman–Crippen MR) is 81.0 cm³/mol. The number of benzene rings is 1. The maximum Gasteiger partial charge on any atom is 0.241 e. The van der Waals surface area contributed by atoms with E-state index in [-0.39, 0.29) is 17.1 Å². The fourth-order valence-corrected chi connectivity index (χ4v) is 2.82. The van der Waals surface area contributed by atoms with Crippen molar-refractivity contribution in [3.8, 4) is 23.9 Å². The topological polar surface area (TPSA) is 92.7 Å². The third-order valence-corrected chi connectivity index (χ3v) is 3.98. The van der Waals surface area contributed by atoms with Gasteiger partial charge in [-0.1, -0.05) is 22.0 Å². The summed E-state index contributed by atoms with van der Waals surface area (Å²) in [6.07, 6.45) is 1.53. The maximum atomic E-state index is 9.51. The molecule has 0 radical (unpaired) electrons. The summed E-state index contributed by atoms with van der Waals surface area (Å²) in [5.74, 6) is 0.280. The van der Waals surface area contributed by atoms with Crippen LogP contribution in [0.3, 0.4) is 0 Å². The Hall–Kier alpha value is -3.26. The lowest BCUT2D eigenvalue weighted by atomic mass is 9.89. The molecule has 0 amide bonds. The molecular formula is C15H5BrN6. The van der Waals surface area contributed by atoms with Gasteiger partial charge in [0.2, 0.25) is 11.2 Å². The summed E-state index contributed by atoms with van der Waals surface area (Å²) in [6.45, 7) is 7.18. The largest absolute Gasteiger partial charge is 0.338 e. The summed E-state index contributed by atoms with van der Waals surface area (Å²) in [5.41, 5.74) is -0.255. The first-order chi connectivity index (χ1) is 10.6. The van der Waals surface area contributed by atoms with E-state index in [0.717, 1.165) is 4.47 Å². The molecular weight excluding hydrogens is 344 g/mol. The smallest absolute Gasteiger partial charge is 0.241 e. The summed E-state index contributed by atoms with van der Waals surface area (Å²) in [7, 11) is 0. The van der Waals surface area contributed by atoms with Gasteiger partial charge in [-0.25, -0.2) is 4.85 Å². The van der Waals surface area contributed by atoms with Crippen LogP contribution in [0.1, 0.15) is 11.1 Å². The summed E-state index contributed by atoms with van der Waals surface area (Å²) < 4.78 is 2.39. The molecule has 2 aromatic rings.